The predicted molar refractivity (Wildman–Crippen MR) is 72.5 cm³/mol. The summed E-state index contributed by atoms with van der Waals surface area (Å²) < 4.78 is 4.91. The second-order valence-corrected chi connectivity index (χ2v) is 4.74. The van der Waals surface area contributed by atoms with E-state index in [1.807, 2.05) is 13.8 Å². The van der Waals surface area contributed by atoms with Crippen LogP contribution in [0.1, 0.15) is 33.1 Å². The number of carbonyl (C=O) groups excluding carboxylic acids is 1. The molecule has 0 aliphatic carbocycles. The molecule has 0 fully saturated rings. The second kappa shape index (κ2) is 11.4. The van der Waals surface area contributed by atoms with Crippen molar-refractivity contribution in [3.63, 3.8) is 0 Å². The van der Waals surface area contributed by atoms with Crippen LogP contribution in [0.15, 0.2) is 0 Å². The van der Waals surface area contributed by atoms with Crippen LogP contribution in [0.4, 0.5) is 0 Å². The fourth-order valence-electron chi connectivity index (χ4n) is 1.53. The number of carbonyl (C=O) groups is 1. The summed E-state index contributed by atoms with van der Waals surface area (Å²) in [5, 5.41) is 14.9. The number of hydrogen-bond acceptors (Lipinski definition) is 4. The van der Waals surface area contributed by atoms with Gasteiger partial charge in [0.05, 0.1) is 6.04 Å². The zero-order valence-electron chi connectivity index (χ0n) is 11.9. The first-order valence-corrected chi connectivity index (χ1v) is 6.72. The smallest absolute Gasteiger partial charge is 0.236 e. The lowest BCUT2D eigenvalue weighted by molar-refractivity contribution is -0.122. The van der Waals surface area contributed by atoms with E-state index in [2.05, 4.69) is 10.6 Å². The number of aliphatic hydroxyl groups is 1. The maximum Gasteiger partial charge on any atom is 0.236 e. The van der Waals surface area contributed by atoms with E-state index in [1.54, 1.807) is 7.11 Å². The molecule has 0 radical (unpaired) electrons. The lowest BCUT2D eigenvalue weighted by atomic mass is 10.1. The Hall–Kier alpha value is -0.650. The van der Waals surface area contributed by atoms with Crippen LogP contribution in [0.25, 0.3) is 0 Å². The summed E-state index contributed by atoms with van der Waals surface area (Å²) >= 11 is 0. The number of methoxy groups -OCH3 is 1. The zero-order valence-corrected chi connectivity index (χ0v) is 11.9. The molecule has 1 amide bonds. The van der Waals surface area contributed by atoms with Gasteiger partial charge in [0.25, 0.3) is 0 Å². The van der Waals surface area contributed by atoms with Gasteiger partial charge in [0.2, 0.25) is 5.91 Å². The first-order chi connectivity index (χ1) is 8.61. The number of aliphatic hydroxyl groups excluding tert-OH is 1. The molecule has 108 valence electrons. The van der Waals surface area contributed by atoms with E-state index >= 15 is 0 Å². The standard InChI is InChI=1S/C13H28N2O3/c1-11(10-16)6-4-7-14-12(2)13(17)15-8-5-9-18-3/h11-12,14,16H,4-10H2,1-3H3,(H,15,17). The molecule has 0 aliphatic heterocycles. The number of rotatable bonds is 11. The summed E-state index contributed by atoms with van der Waals surface area (Å²) in [4.78, 5) is 11.6. The Kier molecular flexibility index (Phi) is 11.0. The Balaban J connectivity index is 3.49. The van der Waals surface area contributed by atoms with Crippen LogP contribution in [0, 0.1) is 5.92 Å². The predicted octanol–water partition coefficient (Wildman–Crippen LogP) is 0.526. The molecule has 0 spiro atoms. The van der Waals surface area contributed by atoms with E-state index < -0.39 is 0 Å². The lowest BCUT2D eigenvalue weighted by Gasteiger charge is -2.14. The molecule has 2 unspecified atom stereocenters. The number of nitrogens with one attached hydrogen (secondary N) is 2. The molecule has 0 rings (SSSR count). The maximum absolute atomic E-state index is 11.6. The van der Waals surface area contributed by atoms with Crippen molar-refractivity contribution in [3.05, 3.63) is 0 Å². The van der Waals surface area contributed by atoms with E-state index in [0.29, 0.717) is 19.1 Å². The molecule has 3 N–H and O–H groups in total. The highest BCUT2D eigenvalue weighted by Gasteiger charge is 2.10. The van der Waals surface area contributed by atoms with Crippen molar-refractivity contribution in [2.75, 3.05) is 33.4 Å². The highest BCUT2D eigenvalue weighted by atomic mass is 16.5. The summed E-state index contributed by atoms with van der Waals surface area (Å²) in [5.41, 5.74) is 0. The van der Waals surface area contributed by atoms with Crippen LogP contribution in [0.3, 0.4) is 0 Å². The fourth-order valence-corrected chi connectivity index (χ4v) is 1.53. The van der Waals surface area contributed by atoms with Gasteiger partial charge in [0, 0.05) is 26.9 Å². The van der Waals surface area contributed by atoms with Crippen molar-refractivity contribution in [2.24, 2.45) is 5.92 Å². The maximum atomic E-state index is 11.6. The molecular formula is C13H28N2O3. The van der Waals surface area contributed by atoms with Crippen molar-refractivity contribution < 1.29 is 14.6 Å². The minimum Gasteiger partial charge on any atom is -0.396 e. The van der Waals surface area contributed by atoms with Crippen LogP contribution in [0.2, 0.25) is 0 Å². The van der Waals surface area contributed by atoms with E-state index in [0.717, 1.165) is 25.8 Å². The summed E-state index contributed by atoms with van der Waals surface area (Å²) in [6, 6.07) is -0.169. The van der Waals surface area contributed by atoms with E-state index in [-0.39, 0.29) is 18.6 Å². The summed E-state index contributed by atoms with van der Waals surface area (Å²) in [5.74, 6) is 0.367. The highest BCUT2D eigenvalue weighted by Crippen LogP contribution is 2.02. The average molecular weight is 260 g/mol. The van der Waals surface area contributed by atoms with Crippen LogP contribution in [-0.4, -0.2) is 50.5 Å². The van der Waals surface area contributed by atoms with Crippen molar-refractivity contribution in [1.82, 2.24) is 10.6 Å². The van der Waals surface area contributed by atoms with Crippen molar-refractivity contribution in [3.8, 4) is 0 Å². The number of hydrogen-bond donors (Lipinski definition) is 3. The third kappa shape index (κ3) is 9.39. The lowest BCUT2D eigenvalue weighted by Crippen LogP contribution is -2.43. The third-order valence-electron chi connectivity index (χ3n) is 2.85. The minimum atomic E-state index is -0.169. The summed E-state index contributed by atoms with van der Waals surface area (Å²) in [7, 11) is 1.65. The quantitative estimate of drug-likeness (QED) is 0.474. The van der Waals surface area contributed by atoms with E-state index in [1.165, 1.54) is 0 Å². The average Bonchev–Trinajstić information content (AvgIpc) is 2.38. The Bertz CT molecular complexity index is 212. The molecule has 0 heterocycles. The fraction of sp³-hybridized carbons (Fsp3) is 0.923. The van der Waals surface area contributed by atoms with Gasteiger partial charge in [-0.05, 0) is 38.6 Å². The van der Waals surface area contributed by atoms with Gasteiger partial charge in [-0.1, -0.05) is 6.92 Å². The van der Waals surface area contributed by atoms with Gasteiger partial charge >= 0.3 is 0 Å². The molecule has 0 bridgehead atoms. The SMILES string of the molecule is COCCCNC(=O)C(C)NCCCC(C)CO. The molecule has 5 nitrogen and oxygen atoms in total. The summed E-state index contributed by atoms with van der Waals surface area (Å²) in [6.45, 7) is 6.24. The largest absolute Gasteiger partial charge is 0.396 e. The van der Waals surface area contributed by atoms with Crippen LogP contribution >= 0.6 is 0 Å². The Morgan fingerprint density at radius 2 is 2.00 bits per heavy atom. The number of amides is 1. The Labute approximate surface area is 110 Å². The van der Waals surface area contributed by atoms with Crippen LogP contribution in [0.5, 0.6) is 0 Å². The third-order valence-corrected chi connectivity index (χ3v) is 2.85. The topological polar surface area (TPSA) is 70.6 Å². The molecule has 2 atom stereocenters. The van der Waals surface area contributed by atoms with Crippen molar-refractivity contribution in [1.29, 1.82) is 0 Å². The molecule has 0 saturated carbocycles. The van der Waals surface area contributed by atoms with Gasteiger partial charge in [0.1, 0.15) is 0 Å². The van der Waals surface area contributed by atoms with Gasteiger partial charge in [-0.15, -0.1) is 0 Å². The van der Waals surface area contributed by atoms with E-state index in [4.69, 9.17) is 9.84 Å². The monoisotopic (exact) mass is 260 g/mol. The minimum absolute atomic E-state index is 0.0290. The molecule has 0 aliphatic rings. The molecule has 18 heavy (non-hydrogen) atoms. The van der Waals surface area contributed by atoms with Gasteiger partial charge in [-0.2, -0.15) is 0 Å². The molecular weight excluding hydrogens is 232 g/mol. The molecule has 0 aromatic carbocycles. The van der Waals surface area contributed by atoms with Crippen molar-refractivity contribution in [2.45, 2.75) is 39.2 Å². The molecule has 0 aromatic heterocycles. The molecule has 0 aromatic rings. The van der Waals surface area contributed by atoms with Gasteiger partial charge < -0.3 is 20.5 Å². The highest BCUT2D eigenvalue weighted by molar-refractivity contribution is 5.81. The normalized spacial score (nSPS) is 14.2. The molecule has 5 heteroatoms. The van der Waals surface area contributed by atoms with Gasteiger partial charge in [-0.25, -0.2) is 0 Å². The van der Waals surface area contributed by atoms with Gasteiger partial charge in [0.15, 0.2) is 0 Å². The van der Waals surface area contributed by atoms with Gasteiger partial charge in [-0.3, -0.25) is 4.79 Å². The molecule has 0 saturated heterocycles. The van der Waals surface area contributed by atoms with E-state index in [9.17, 15) is 4.79 Å². The first kappa shape index (κ1) is 17.4. The summed E-state index contributed by atoms with van der Waals surface area (Å²) in [6.07, 6.45) is 2.79. The first-order valence-electron chi connectivity index (χ1n) is 6.72. The van der Waals surface area contributed by atoms with Crippen molar-refractivity contribution >= 4 is 5.91 Å². The Morgan fingerprint density at radius 3 is 2.61 bits per heavy atom. The van der Waals surface area contributed by atoms with Crippen LogP contribution in [-0.2, 0) is 9.53 Å². The second-order valence-electron chi connectivity index (χ2n) is 4.74. The zero-order chi connectivity index (χ0) is 13.8. The Morgan fingerprint density at radius 1 is 1.28 bits per heavy atom. The number of ether oxygens (including phenoxy) is 1. The van der Waals surface area contributed by atoms with Crippen LogP contribution < -0.4 is 10.6 Å².